The molecule has 0 bridgehead atoms. The number of nitrogens with one attached hydrogen (secondary N) is 1. The lowest BCUT2D eigenvalue weighted by molar-refractivity contribution is 0.306. The zero-order valence-electron chi connectivity index (χ0n) is 16.4. The van der Waals surface area contributed by atoms with E-state index in [0.29, 0.717) is 6.61 Å². The van der Waals surface area contributed by atoms with Crippen LogP contribution in [0, 0.1) is 0 Å². The van der Waals surface area contributed by atoms with E-state index in [4.69, 9.17) is 4.74 Å². The van der Waals surface area contributed by atoms with Crippen LogP contribution in [-0.2, 0) is 19.7 Å². The molecule has 4 aromatic rings. The fourth-order valence-electron chi connectivity index (χ4n) is 3.28. The first kappa shape index (κ1) is 19.0. The van der Waals surface area contributed by atoms with Crippen LogP contribution in [0.15, 0.2) is 109 Å². The Balaban J connectivity index is 1.27. The molecule has 2 heteroatoms. The molecule has 0 atom stereocenters. The van der Waals surface area contributed by atoms with Gasteiger partial charge in [0, 0.05) is 13.1 Å². The predicted octanol–water partition coefficient (Wildman–Crippen LogP) is 6.22. The van der Waals surface area contributed by atoms with E-state index in [9.17, 15) is 0 Å². The minimum atomic E-state index is 0.587. The van der Waals surface area contributed by atoms with Crippen molar-refractivity contribution in [3.63, 3.8) is 0 Å². The van der Waals surface area contributed by atoms with Crippen LogP contribution in [-0.4, -0.2) is 0 Å². The van der Waals surface area contributed by atoms with E-state index in [-0.39, 0.29) is 0 Å². The molecule has 0 fully saturated rings. The summed E-state index contributed by atoms with van der Waals surface area (Å²) in [6.45, 7) is 2.28. The summed E-state index contributed by atoms with van der Waals surface area (Å²) in [7, 11) is 0. The van der Waals surface area contributed by atoms with Crippen LogP contribution in [0.3, 0.4) is 0 Å². The molecule has 144 valence electrons. The highest BCUT2D eigenvalue weighted by Gasteiger charge is 2.00. The van der Waals surface area contributed by atoms with E-state index in [1.807, 2.05) is 36.4 Å². The van der Waals surface area contributed by atoms with Crippen LogP contribution in [0.25, 0.3) is 11.1 Å². The quantitative estimate of drug-likeness (QED) is 0.392. The number of ether oxygens (including phenoxy) is 1. The van der Waals surface area contributed by atoms with Crippen LogP contribution < -0.4 is 10.1 Å². The maximum absolute atomic E-state index is 5.80. The van der Waals surface area contributed by atoms with Crippen molar-refractivity contribution in [3.8, 4) is 16.9 Å². The molecule has 0 heterocycles. The number of benzene rings is 4. The Kier molecular flexibility index (Phi) is 6.36. The Morgan fingerprint density at radius 1 is 0.517 bits per heavy atom. The summed E-state index contributed by atoms with van der Waals surface area (Å²) < 4.78 is 5.80. The average molecular weight is 380 g/mol. The molecule has 0 aliphatic carbocycles. The Labute approximate surface area is 172 Å². The molecule has 0 amide bonds. The molecule has 0 radical (unpaired) electrons. The van der Waals surface area contributed by atoms with Crippen LogP contribution >= 0.6 is 0 Å². The molecule has 0 unspecified atom stereocenters. The summed E-state index contributed by atoms with van der Waals surface area (Å²) in [6.07, 6.45) is 0. The molecule has 0 spiro atoms. The molecule has 0 aliphatic rings. The van der Waals surface area contributed by atoms with Crippen LogP contribution in [0.1, 0.15) is 16.7 Å². The van der Waals surface area contributed by atoms with Gasteiger partial charge in [0.15, 0.2) is 0 Å². The summed E-state index contributed by atoms with van der Waals surface area (Å²) in [4.78, 5) is 0. The monoisotopic (exact) mass is 379 g/mol. The van der Waals surface area contributed by atoms with Gasteiger partial charge in [-0.2, -0.15) is 0 Å². The van der Waals surface area contributed by atoms with Gasteiger partial charge in [0.2, 0.25) is 0 Å². The SMILES string of the molecule is c1ccc(OCc2ccc(CNCc3cccc(-c4ccccc4)c3)cc2)cc1. The molecule has 0 saturated carbocycles. The molecule has 0 aromatic heterocycles. The van der Waals surface area contributed by atoms with Crippen LogP contribution in [0.5, 0.6) is 5.75 Å². The van der Waals surface area contributed by atoms with Gasteiger partial charge < -0.3 is 10.1 Å². The number of hydrogen-bond acceptors (Lipinski definition) is 2. The molecule has 1 N–H and O–H groups in total. The second-order valence-electron chi connectivity index (χ2n) is 7.09. The molecule has 4 rings (SSSR count). The van der Waals surface area contributed by atoms with Crippen molar-refractivity contribution in [2.75, 3.05) is 0 Å². The number of hydrogen-bond donors (Lipinski definition) is 1. The van der Waals surface area contributed by atoms with E-state index < -0.39 is 0 Å². The first-order valence-electron chi connectivity index (χ1n) is 9.97. The van der Waals surface area contributed by atoms with Gasteiger partial charge in [-0.15, -0.1) is 0 Å². The Morgan fingerprint density at radius 2 is 1.14 bits per heavy atom. The Bertz CT molecular complexity index is 1010. The largest absolute Gasteiger partial charge is 0.489 e. The van der Waals surface area contributed by atoms with Crippen molar-refractivity contribution in [1.82, 2.24) is 5.32 Å². The average Bonchev–Trinajstić information content (AvgIpc) is 2.80. The molecule has 0 saturated heterocycles. The van der Waals surface area contributed by atoms with Crippen molar-refractivity contribution in [2.24, 2.45) is 0 Å². The zero-order valence-corrected chi connectivity index (χ0v) is 16.4. The molecule has 29 heavy (non-hydrogen) atoms. The third kappa shape index (κ3) is 5.56. The van der Waals surface area contributed by atoms with Gasteiger partial charge in [-0.1, -0.05) is 91.0 Å². The van der Waals surface area contributed by atoms with E-state index in [1.54, 1.807) is 0 Å². The molecular formula is C27H25NO. The lowest BCUT2D eigenvalue weighted by atomic mass is 10.0. The van der Waals surface area contributed by atoms with Crippen LogP contribution in [0.4, 0.5) is 0 Å². The van der Waals surface area contributed by atoms with E-state index >= 15 is 0 Å². The van der Waals surface area contributed by atoms with Gasteiger partial charge in [0.1, 0.15) is 12.4 Å². The van der Waals surface area contributed by atoms with Crippen LogP contribution in [0.2, 0.25) is 0 Å². The molecule has 2 nitrogen and oxygen atoms in total. The standard InChI is InChI=1S/C27H25NO/c1-3-9-25(10-4-1)26-11-7-8-24(18-26)20-28-19-22-14-16-23(17-15-22)21-29-27-12-5-2-6-13-27/h1-18,28H,19-21H2. The summed E-state index contributed by atoms with van der Waals surface area (Å²) >= 11 is 0. The fraction of sp³-hybridized carbons (Fsp3) is 0.111. The molecule has 4 aromatic carbocycles. The van der Waals surface area contributed by atoms with Gasteiger partial charge >= 0.3 is 0 Å². The Hall–Kier alpha value is -3.36. The highest BCUT2D eigenvalue weighted by molar-refractivity contribution is 5.63. The lowest BCUT2D eigenvalue weighted by Crippen LogP contribution is -2.12. The summed E-state index contributed by atoms with van der Waals surface area (Å²) in [5, 5.41) is 3.54. The third-order valence-corrected chi connectivity index (χ3v) is 4.86. The highest BCUT2D eigenvalue weighted by atomic mass is 16.5. The van der Waals surface area contributed by atoms with Crippen molar-refractivity contribution in [3.05, 3.63) is 126 Å². The lowest BCUT2D eigenvalue weighted by Gasteiger charge is -2.09. The zero-order chi connectivity index (χ0) is 19.7. The van der Waals surface area contributed by atoms with Gasteiger partial charge in [-0.3, -0.25) is 0 Å². The topological polar surface area (TPSA) is 21.3 Å². The van der Waals surface area contributed by atoms with E-state index in [0.717, 1.165) is 18.8 Å². The smallest absolute Gasteiger partial charge is 0.119 e. The summed E-state index contributed by atoms with van der Waals surface area (Å²) in [5.74, 6) is 0.899. The minimum absolute atomic E-state index is 0.587. The third-order valence-electron chi connectivity index (χ3n) is 4.86. The van der Waals surface area contributed by atoms with Crippen molar-refractivity contribution in [1.29, 1.82) is 0 Å². The Morgan fingerprint density at radius 3 is 1.90 bits per heavy atom. The summed E-state index contributed by atoms with van der Waals surface area (Å²) in [5.41, 5.74) is 6.25. The van der Waals surface area contributed by atoms with Crippen molar-refractivity contribution < 1.29 is 4.74 Å². The normalized spacial score (nSPS) is 10.6. The first-order chi connectivity index (χ1) is 14.4. The maximum Gasteiger partial charge on any atom is 0.119 e. The predicted molar refractivity (Wildman–Crippen MR) is 120 cm³/mol. The van der Waals surface area contributed by atoms with E-state index in [1.165, 1.54) is 27.8 Å². The second-order valence-corrected chi connectivity index (χ2v) is 7.09. The first-order valence-corrected chi connectivity index (χ1v) is 9.97. The maximum atomic E-state index is 5.80. The summed E-state index contributed by atoms with van der Waals surface area (Å²) in [6, 6.07) is 37.7. The number of rotatable bonds is 8. The van der Waals surface area contributed by atoms with Gasteiger partial charge in [0.05, 0.1) is 0 Å². The minimum Gasteiger partial charge on any atom is -0.489 e. The number of para-hydroxylation sites is 1. The second kappa shape index (κ2) is 9.72. The van der Waals surface area contributed by atoms with Crippen molar-refractivity contribution >= 4 is 0 Å². The van der Waals surface area contributed by atoms with Gasteiger partial charge in [-0.25, -0.2) is 0 Å². The molecular weight excluding hydrogens is 354 g/mol. The van der Waals surface area contributed by atoms with Crippen molar-refractivity contribution in [2.45, 2.75) is 19.7 Å². The fourth-order valence-corrected chi connectivity index (χ4v) is 3.28. The van der Waals surface area contributed by atoms with Gasteiger partial charge in [0.25, 0.3) is 0 Å². The molecule has 0 aliphatic heterocycles. The van der Waals surface area contributed by atoms with E-state index in [2.05, 4.69) is 78.1 Å². The highest BCUT2D eigenvalue weighted by Crippen LogP contribution is 2.20. The van der Waals surface area contributed by atoms with Gasteiger partial charge in [-0.05, 0) is 46.0 Å².